The number of ether oxygens (including phenoxy) is 1. The van der Waals surface area contributed by atoms with Gasteiger partial charge in [0.15, 0.2) is 0 Å². The van der Waals surface area contributed by atoms with E-state index >= 15 is 0 Å². The van der Waals surface area contributed by atoms with E-state index in [2.05, 4.69) is 61.1 Å². The molecular formula is C25H23N3O. The number of nitrogens with zero attached hydrogens (tertiary/aromatic N) is 2. The summed E-state index contributed by atoms with van der Waals surface area (Å²) < 4.78 is 5.98. The molecule has 4 rings (SSSR count). The summed E-state index contributed by atoms with van der Waals surface area (Å²) in [7, 11) is 0. The highest BCUT2D eigenvalue weighted by molar-refractivity contribution is 6.00. The van der Waals surface area contributed by atoms with E-state index in [1.54, 1.807) is 0 Å². The summed E-state index contributed by atoms with van der Waals surface area (Å²) in [4.78, 5) is 7.97. The number of nitriles is 1. The van der Waals surface area contributed by atoms with Gasteiger partial charge in [0.25, 0.3) is 0 Å². The number of aryl methyl sites for hydroxylation is 2. The quantitative estimate of drug-likeness (QED) is 0.420. The van der Waals surface area contributed by atoms with Crippen LogP contribution in [-0.4, -0.2) is 16.6 Å². The topological polar surface area (TPSA) is 61.7 Å². The van der Waals surface area contributed by atoms with Gasteiger partial charge in [0.1, 0.15) is 17.6 Å². The molecule has 0 spiro atoms. The van der Waals surface area contributed by atoms with E-state index in [1.165, 1.54) is 11.1 Å². The molecule has 1 N–H and O–H groups in total. The zero-order valence-electron chi connectivity index (χ0n) is 16.9. The molecule has 1 heterocycles. The van der Waals surface area contributed by atoms with E-state index < -0.39 is 0 Å². The lowest BCUT2D eigenvalue weighted by Gasteiger charge is -2.11. The van der Waals surface area contributed by atoms with Crippen molar-refractivity contribution in [2.24, 2.45) is 0 Å². The van der Waals surface area contributed by atoms with Crippen molar-refractivity contribution in [1.29, 1.82) is 5.26 Å². The number of allylic oxidation sites excluding steroid dienone is 1. The first-order chi connectivity index (χ1) is 14.1. The second-order valence-corrected chi connectivity index (χ2v) is 7.26. The monoisotopic (exact) mass is 381 g/mol. The van der Waals surface area contributed by atoms with Gasteiger partial charge in [-0.05, 0) is 66.4 Å². The zero-order chi connectivity index (χ0) is 20.4. The number of fused-ring (bicyclic) bond motifs is 2. The standard InChI is InChI=1S/C25H23N3O/c1-4-11-29-24-10-9-18-7-5-6-8-20(18)21(24)14-19(15-26)25-27-22-12-16(2)17(3)13-23(22)28-25/h5-10,12-14H,4,11H2,1-3H3,(H,27,28)/b19-14-. The van der Waals surface area contributed by atoms with Crippen molar-refractivity contribution >= 4 is 33.5 Å². The van der Waals surface area contributed by atoms with Gasteiger partial charge >= 0.3 is 0 Å². The number of nitrogens with one attached hydrogen (secondary N) is 1. The van der Waals surface area contributed by atoms with Crippen molar-refractivity contribution in [3.05, 3.63) is 71.0 Å². The fourth-order valence-corrected chi connectivity index (χ4v) is 3.46. The van der Waals surface area contributed by atoms with E-state index in [4.69, 9.17) is 4.74 Å². The Morgan fingerprint density at radius 3 is 2.72 bits per heavy atom. The summed E-state index contributed by atoms with van der Waals surface area (Å²) in [6.07, 6.45) is 2.80. The van der Waals surface area contributed by atoms with Gasteiger partial charge in [0.05, 0.1) is 23.2 Å². The summed E-state index contributed by atoms with van der Waals surface area (Å²) in [5.41, 5.74) is 5.56. The molecule has 4 heteroatoms. The molecule has 0 bridgehead atoms. The van der Waals surface area contributed by atoms with E-state index in [0.717, 1.165) is 39.5 Å². The molecule has 0 saturated heterocycles. The van der Waals surface area contributed by atoms with Crippen LogP contribution in [0.25, 0.3) is 33.5 Å². The predicted octanol–water partition coefficient (Wildman–Crippen LogP) is 6.19. The fraction of sp³-hybridized carbons (Fsp3) is 0.200. The average molecular weight is 381 g/mol. The van der Waals surface area contributed by atoms with Crippen molar-refractivity contribution < 1.29 is 4.74 Å². The van der Waals surface area contributed by atoms with Gasteiger partial charge in [-0.25, -0.2) is 4.98 Å². The van der Waals surface area contributed by atoms with Crippen LogP contribution in [0.2, 0.25) is 0 Å². The Morgan fingerprint density at radius 1 is 1.14 bits per heavy atom. The van der Waals surface area contributed by atoms with Gasteiger partial charge in [-0.1, -0.05) is 37.3 Å². The van der Waals surface area contributed by atoms with E-state index in [0.29, 0.717) is 18.0 Å². The molecule has 29 heavy (non-hydrogen) atoms. The molecule has 0 radical (unpaired) electrons. The number of hydrogen-bond acceptors (Lipinski definition) is 3. The molecule has 3 aromatic carbocycles. The molecule has 1 aromatic heterocycles. The molecule has 4 aromatic rings. The third-order valence-electron chi connectivity index (χ3n) is 5.15. The van der Waals surface area contributed by atoms with Crippen LogP contribution in [0.1, 0.15) is 35.9 Å². The summed E-state index contributed by atoms with van der Waals surface area (Å²) in [6, 6.07) is 18.6. The van der Waals surface area contributed by atoms with Gasteiger partial charge in [0.2, 0.25) is 0 Å². The Balaban J connectivity index is 1.89. The minimum atomic E-state index is 0.481. The Labute approximate surface area is 170 Å². The van der Waals surface area contributed by atoms with Crippen LogP contribution >= 0.6 is 0 Å². The van der Waals surface area contributed by atoms with Gasteiger partial charge in [-0.2, -0.15) is 5.26 Å². The molecule has 0 saturated carbocycles. The summed E-state index contributed by atoms with van der Waals surface area (Å²) in [5.74, 6) is 1.35. The van der Waals surface area contributed by atoms with E-state index in [9.17, 15) is 5.26 Å². The maximum atomic E-state index is 9.90. The number of imidazole rings is 1. The highest BCUT2D eigenvalue weighted by atomic mass is 16.5. The van der Waals surface area contributed by atoms with Crippen molar-refractivity contribution in [3.63, 3.8) is 0 Å². The normalized spacial score (nSPS) is 11.7. The van der Waals surface area contributed by atoms with Gasteiger partial charge in [0, 0.05) is 5.56 Å². The van der Waals surface area contributed by atoms with Crippen LogP contribution in [-0.2, 0) is 0 Å². The number of aromatic nitrogens is 2. The Kier molecular flexibility index (Phi) is 5.05. The maximum Gasteiger partial charge on any atom is 0.149 e. The minimum Gasteiger partial charge on any atom is -0.493 e. The lowest BCUT2D eigenvalue weighted by atomic mass is 10.0. The highest BCUT2D eigenvalue weighted by Crippen LogP contribution is 2.32. The number of aromatic amines is 1. The summed E-state index contributed by atoms with van der Waals surface area (Å²) >= 11 is 0. The van der Waals surface area contributed by atoms with E-state index in [1.807, 2.05) is 30.3 Å². The Bertz CT molecular complexity index is 1240. The third-order valence-corrected chi connectivity index (χ3v) is 5.15. The number of hydrogen-bond donors (Lipinski definition) is 1. The van der Waals surface area contributed by atoms with Crippen molar-refractivity contribution in [1.82, 2.24) is 9.97 Å². The van der Waals surface area contributed by atoms with Crippen LogP contribution in [0.3, 0.4) is 0 Å². The highest BCUT2D eigenvalue weighted by Gasteiger charge is 2.13. The summed E-state index contributed by atoms with van der Waals surface area (Å²) in [5, 5.41) is 12.1. The summed E-state index contributed by atoms with van der Waals surface area (Å²) in [6.45, 7) is 6.85. The van der Waals surface area contributed by atoms with Crippen molar-refractivity contribution in [2.45, 2.75) is 27.2 Å². The molecule has 0 unspecified atom stereocenters. The zero-order valence-corrected chi connectivity index (χ0v) is 16.9. The van der Waals surface area contributed by atoms with Crippen molar-refractivity contribution in [3.8, 4) is 11.8 Å². The minimum absolute atomic E-state index is 0.481. The van der Waals surface area contributed by atoms with Crippen LogP contribution in [0.4, 0.5) is 0 Å². The van der Waals surface area contributed by atoms with Crippen molar-refractivity contribution in [2.75, 3.05) is 6.61 Å². The molecular weight excluding hydrogens is 358 g/mol. The predicted molar refractivity (Wildman–Crippen MR) is 119 cm³/mol. The third kappa shape index (κ3) is 3.60. The number of benzene rings is 3. The molecule has 0 amide bonds. The number of H-pyrrole nitrogens is 1. The first-order valence-corrected chi connectivity index (χ1v) is 9.84. The van der Waals surface area contributed by atoms with Gasteiger partial charge in [-0.3, -0.25) is 0 Å². The molecule has 4 nitrogen and oxygen atoms in total. The SMILES string of the molecule is CCCOc1ccc2ccccc2c1/C=C(/C#N)c1nc2cc(C)c(C)cc2[nH]1. The molecule has 0 atom stereocenters. The first kappa shape index (κ1) is 18.8. The molecule has 144 valence electrons. The molecule has 0 aliphatic carbocycles. The van der Waals surface area contributed by atoms with Crippen LogP contribution in [0.15, 0.2) is 48.5 Å². The molecule has 0 fully saturated rings. The van der Waals surface area contributed by atoms with Gasteiger partial charge in [-0.15, -0.1) is 0 Å². The Morgan fingerprint density at radius 2 is 1.93 bits per heavy atom. The molecule has 0 aliphatic rings. The van der Waals surface area contributed by atoms with Crippen LogP contribution < -0.4 is 4.74 Å². The van der Waals surface area contributed by atoms with Crippen LogP contribution in [0, 0.1) is 25.2 Å². The second-order valence-electron chi connectivity index (χ2n) is 7.26. The first-order valence-electron chi connectivity index (χ1n) is 9.84. The Hall–Kier alpha value is -3.58. The molecule has 0 aliphatic heterocycles. The van der Waals surface area contributed by atoms with E-state index in [-0.39, 0.29) is 0 Å². The average Bonchev–Trinajstić information content (AvgIpc) is 3.13. The van der Waals surface area contributed by atoms with Gasteiger partial charge < -0.3 is 9.72 Å². The van der Waals surface area contributed by atoms with Crippen LogP contribution in [0.5, 0.6) is 5.75 Å². The largest absolute Gasteiger partial charge is 0.493 e. The fourth-order valence-electron chi connectivity index (χ4n) is 3.46. The maximum absolute atomic E-state index is 9.90. The number of rotatable bonds is 5. The smallest absolute Gasteiger partial charge is 0.149 e. The lowest BCUT2D eigenvalue weighted by Crippen LogP contribution is -1.98. The second kappa shape index (κ2) is 7.81. The lowest BCUT2D eigenvalue weighted by molar-refractivity contribution is 0.317.